The smallest absolute Gasteiger partial charge is 0.131 e. The molecule has 0 radical (unpaired) electrons. The van der Waals surface area contributed by atoms with Crippen LogP contribution < -0.4 is 5.32 Å². The van der Waals surface area contributed by atoms with Gasteiger partial charge in [0.1, 0.15) is 5.82 Å². The molecule has 3 heteroatoms. The van der Waals surface area contributed by atoms with E-state index in [1.54, 1.807) is 12.4 Å². The van der Waals surface area contributed by atoms with Crippen LogP contribution in [0.15, 0.2) is 36.7 Å². The molecule has 0 fully saturated rings. The first-order valence-electron chi connectivity index (χ1n) is 7.06. The summed E-state index contributed by atoms with van der Waals surface area (Å²) in [4.78, 5) is 4.14. The van der Waals surface area contributed by atoms with E-state index >= 15 is 0 Å². The second-order valence-corrected chi connectivity index (χ2v) is 5.17. The zero-order valence-corrected chi connectivity index (χ0v) is 12.3. The Morgan fingerprint density at radius 3 is 2.75 bits per heavy atom. The molecule has 0 aliphatic heterocycles. The average molecular weight is 272 g/mol. The van der Waals surface area contributed by atoms with Crippen LogP contribution >= 0.6 is 0 Å². The molecule has 1 heterocycles. The number of nitrogens with one attached hydrogen (secondary N) is 1. The van der Waals surface area contributed by atoms with E-state index in [9.17, 15) is 4.39 Å². The molecule has 0 saturated carbocycles. The third-order valence-corrected chi connectivity index (χ3v) is 3.38. The summed E-state index contributed by atoms with van der Waals surface area (Å²) < 4.78 is 14.1. The van der Waals surface area contributed by atoms with Crippen molar-refractivity contribution in [2.24, 2.45) is 0 Å². The molecule has 0 aliphatic carbocycles. The molecule has 1 aromatic carbocycles. The summed E-state index contributed by atoms with van der Waals surface area (Å²) in [6.07, 6.45) is 4.57. The fourth-order valence-corrected chi connectivity index (χ4v) is 2.21. The molecule has 1 atom stereocenters. The van der Waals surface area contributed by atoms with Crippen molar-refractivity contribution in [3.05, 3.63) is 53.6 Å². The normalized spacial score (nSPS) is 12.4. The van der Waals surface area contributed by atoms with Gasteiger partial charge in [-0.3, -0.25) is 4.98 Å². The number of nitrogens with zero attached hydrogens (tertiary/aromatic N) is 1. The summed E-state index contributed by atoms with van der Waals surface area (Å²) in [5.41, 5.74) is 3.57. The van der Waals surface area contributed by atoms with E-state index in [-0.39, 0.29) is 11.9 Å². The van der Waals surface area contributed by atoms with Gasteiger partial charge in [-0.25, -0.2) is 4.39 Å². The minimum absolute atomic E-state index is 0.205. The molecule has 0 bridgehead atoms. The Morgan fingerprint density at radius 1 is 1.25 bits per heavy atom. The predicted molar refractivity (Wildman–Crippen MR) is 81.1 cm³/mol. The Balaban J connectivity index is 2.34. The lowest BCUT2D eigenvalue weighted by molar-refractivity contribution is 0.568. The van der Waals surface area contributed by atoms with Gasteiger partial charge in [0, 0.05) is 29.6 Å². The SMILES string of the molecule is CCCNC(C)c1ccc(F)c(-c2cncc(C)c2)c1. The quantitative estimate of drug-likeness (QED) is 0.879. The number of benzene rings is 1. The van der Waals surface area contributed by atoms with Crippen molar-refractivity contribution >= 4 is 0 Å². The van der Waals surface area contributed by atoms with E-state index in [1.807, 2.05) is 25.1 Å². The minimum Gasteiger partial charge on any atom is -0.310 e. The highest BCUT2D eigenvalue weighted by molar-refractivity contribution is 5.64. The van der Waals surface area contributed by atoms with Crippen LogP contribution in [0.25, 0.3) is 11.1 Å². The van der Waals surface area contributed by atoms with Crippen LogP contribution in [0.1, 0.15) is 37.4 Å². The van der Waals surface area contributed by atoms with Crippen LogP contribution in [0.3, 0.4) is 0 Å². The van der Waals surface area contributed by atoms with Gasteiger partial charge >= 0.3 is 0 Å². The Bertz CT molecular complexity index is 581. The number of aryl methyl sites for hydroxylation is 1. The zero-order chi connectivity index (χ0) is 14.5. The highest BCUT2D eigenvalue weighted by Crippen LogP contribution is 2.26. The van der Waals surface area contributed by atoms with Crippen molar-refractivity contribution in [2.75, 3.05) is 6.54 Å². The topological polar surface area (TPSA) is 24.9 Å². The Morgan fingerprint density at radius 2 is 2.05 bits per heavy atom. The van der Waals surface area contributed by atoms with Crippen LogP contribution in [0, 0.1) is 12.7 Å². The molecule has 20 heavy (non-hydrogen) atoms. The molecule has 1 aromatic heterocycles. The van der Waals surface area contributed by atoms with Crippen LogP contribution in [-0.2, 0) is 0 Å². The number of pyridine rings is 1. The summed E-state index contributed by atoms with van der Waals surface area (Å²) in [6, 6.07) is 7.47. The molecule has 0 aliphatic rings. The van der Waals surface area contributed by atoms with E-state index in [1.165, 1.54) is 6.07 Å². The number of hydrogen-bond donors (Lipinski definition) is 1. The summed E-state index contributed by atoms with van der Waals surface area (Å²) in [6.45, 7) is 7.15. The van der Waals surface area contributed by atoms with E-state index < -0.39 is 0 Å². The van der Waals surface area contributed by atoms with Crippen molar-refractivity contribution in [3.8, 4) is 11.1 Å². The molecule has 1 unspecified atom stereocenters. The van der Waals surface area contributed by atoms with Crippen LogP contribution in [0.2, 0.25) is 0 Å². The summed E-state index contributed by atoms with van der Waals surface area (Å²) in [7, 11) is 0. The third-order valence-electron chi connectivity index (χ3n) is 3.38. The number of hydrogen-bond acceptors (Lipinski definition) is 2. The maximum absolute atomic E-state index is 14.1. The maximum Gasteiger partial charge on any atom is 0.131 e. The van der Waals surface area contributed by atoms with Gasteiger partial charge in [-0.05, 0) is 56.1 Å². The summed E-state index contributed by atoms with van der Waals surface area (Å²) in [5.74, 6) is -0.205. The molecule has 0 spiro atoms. The number of aromatic nitrogens is 1. The molecule has 2 aromatic rings. The van der Waals surface area contributed by atoms with Crippen molar-refractivity contribution < 1.29 is 4.39 Å². The lowest BCUT2D eigenvalue weighted by atomic mass is 10.00. The zero-order valence-electron chi connectivity index (χ0n) is 12.3. The molecule has 2 rings (SSSR count). The predicted octanol–water partition coefficient (Wildman–Crippen LogP) is 4.26. The fourth-order valence-electron chi connectivity index (χ4n) is 2.21. The maximum atomic E-state index is 14.1. The van der Waals surface area contributed by atoms with Gasteiger partial charge in [-0.15, -0.1) is 0 Å². The van der Waals surface area contributed by atoms with Crippen LogP contribution in [-0.4, -0.2) is 11.5 Å². The number of halogens is 1. The monoisotopic (exact) mass is 272 g/mol. The van der Waals surface area contributed by atoms with Gasteiger partial charge in [-0.1, -0.05) is 13.0 Å². The van der Waals surface area contributed by atoms with Crippen molar-refractivity contribution in [1.29, 1.82) is 0 Å². The Labute approximate surface area is 120 Å². The van der Waals surface area contributed by atoms with Crippen molar-refractivity contribution in [1.82, 2.24) is 10.3 Å². The highest BCUT2D eigenvalue weighted by atomic mass is 19.1. The first-order valence-corrected chi connectivity index (χ1v) is 7.06. The van der Waals surface area contributed by atoms with E-state index in [2.05, 4.69) is 24.1 Å². The molecule has 0 amide bonds. The van der Waals surface area contributed by atoms with Gasteiger partial charge in [0.05, 0.1) is 0 Å². The Hall–Kier alpha value is -1.74. The molecule has 2 nitrogen and oxygen atoms in total. The standard InChI is InChI=1S/C17H21FN2/c1-4-7-20-13(3)14-5-6-17(18)16(9-14)15-8-12(2)10-19-11-15/h5-6,8-11,13,20H,4,7H2,1-3H3. The second-order valence-electron chi connectivity index (χ2n) is 5.17. The molecule has 0 saturated heterocycles. The lowest BCUT2D eigenvalue weighted by Gasteiger charge is -2.15. The molecule has 106 valence electrons. The van der Waals surface area contributed by atoms with Gasteiger partial charge < -0.3 is 5.32 Å². The van der Waals surface area contributed by atoms with Crippen LogP contribution in [0.5, 0.6) is 0 Å². The molecular weight excluding hydrogens is 251 g/mol. The van der Waals surface area contributed by atoms with Gasteiger partial charge in [0.15, 0.2) is 0 Å². The van der Waals surface area contributed by atoms with E-state index in [4.69, 9.17) is 0 Å². The Kier molecular flexibility index (Phi) is 4.85. The minimum atomic E-state index is -0.205. The summed E-state index contributed by atoms with van der Waals surface area (Å²) in [5, 5.41) is 3.42. The van der Waals surface area contributed by atoms with Crippen LogP contribution in [0.4, 0.5) is 4.39 Å². The average Bonchev–Trinajstić information content (AvgIpc) is 2.45. The fraction of sp³-hybridized carbons (Fsp3) is 0.353. The second kappa shape index (κ2) is 6.62. The third kappa shape index (κ3) is 3.42. The number of rotatable bonds is 5. The molecular formula is C17H21FN2. The van der Waals surface area contributed by atoms with E-state index in [0.29, 0.717) is 5.56 Å². The lowest BCUT2D eigenvalue weighted by Crippen LogP contribution is -2.19. The summed E-state index contributed by atoms with van der Waals surface area (Å²) >= 11 is 0. The van der Waals surface area contributed by atoms with Gasteiger partial charge in [0.25, 0.3) is 0 Å². The van der Waals surface area contributed by atoms with Gasteiger partial charge in [0.2, 0.25) is 0 Å². The highest BCUT2D eigenvalue weighted by Gasteiger charge is 2.10. The molecule has 1 N–H and O–H groups in total. The largest absolute Gasteiger partial charge is 0.310 e. The van der Waals surface area contributed by atoms with Crippen molar-refractivity contribution in [2.45, 2.75) is 33.2 Å². The van der Waals surface area contributed by atoms with Gasteiger partial charge in [-0.2, -0.15) is 0 Å². The first kappa shape index (κ1) is 14.7. The van der Waals surface area contributed by atoms with Crippen molar-refractivity contribution in [3.63, 3.8) is 0 Å². The first-order chi connectivity index (χ1) is 9.61. The van der Waals surface area contributed by atoms with E-state index in [0.717, 1.165) is 29.7 Å².